The summed E-state index contributed by atoms with van der Waals surface area (Å²) in [5.74, 6) is -0.590. The average molecular weight is 596 g/mol. The van der Waals surface area contributed by atoms with Crippen LogP contribution in [0.2, 0.25) is 0 Å². The van der Waals surface area contributed by atoms with Crippen molar-refractivity contribution in [2.45, 2.75) is 58.9 Å². The van der Waals surface area contributed by atoms with Crippen LogP contribution < -0.4 is 4.80 Å². The summed E-state index contributed by atoms with van der Waals surface area (Å²) < 4.78 is 2.17. The van der Waals surface area contributed by atoms with Gasteiger partial charge in [-0.05, 0) is 58.4 Å². The Balaban J connectivity index is 0.00000400. The number of carbonyl (C=O) groups is 1. The van der Waals surface area contributed by atoms with Crippen LogP contribution in [0, 0.1) is 0 Å². The molecule has 0 unspecified atom stereocenters. The Morgan fingerprint density at radius 2 is 1.45 bits per heavy atom. The van der Waals surface area contributed by atoms with E-state index in [0.717, 1.165) is 38.4 Å². The van der Waals surface area contributed by atoms with Crippen molar-refractivity contribution in [3.8, 4) is 17.0 Å². The van der Waals surface area contributed by atoms with Gasteiger partial charge in [0.05, 0.1) is 23.5 Å². The lowest BCUT2D eigenvalue weighted by atomic mass is 9.78. The van der Waals surface area contributed by atoms with Crippen molar-refractivity contribution in [2.24, 2.45) is 4.99 Å². The Morgan fingerprint density at radius 1 is 0.895 bits per heavy atom. The van der Waals surface area contributed by atoms with Crippen molar-refractivity contribution < 1.29 is 15.0 Å². The van der Waals surface area contributed by atoms with E-state index in [9.17, 15) is 15.0 Å². The zero-order valence-electron chi connectivity index (χ0n) is 22.6. The van der Waals surface area contributed by atoms with Gasteiger partial charge in [0.25, 0.3) is 0 Å². The minimum Gasteiger partial charge on any atom is -0.507 e. The molecule has 0 saturated carbocycles. The standard InChI is InChI=1S/C31H34N2O3S.BrH/c1-30(2,3)24-16-22(17-25(27(24)34)31(4,5)6)26-19-37-29(32-23-10-8-7-9-11-23)33(26)18-20-12-14-21(15-13-20)28(35)36;/h7-17,19,34H,18H2,1-6H3,(H,35,36);1H. The first kappa shape index (κ1) is 29.4. The molecule has 4 rings (SSSR count). The number of aromatic nitrogens is 1. The molecule has 0 aliphatic heterocycles. The Labute approximate surface area is 238 Å². The van der Waals surface area contributed by atoms with Gasteiger partial charge in [-0.1, -0.05) is 71.9 Å². The molecule has 0 amide bonds. The van der Waals surface area contributed by atoms with Crippen molar-refractivity contribution in [1.82, 2.24) is 4.57 Å². The van der Waals surface area contributed by atoms with Crippen molar-refractivity contribution in [3.05, 3.63) is 99.2 Å². The molecule has 0 aliphatic rings. The van der Waals surface area contributed by atoms with Gasteiger partial charge in [-0.15, -0.1) is 28.3 Å². The molecule has 2 N–H and O–H groups in total. The van der Waals surface area contributed by atoms with Crippen molar-refractivity contribution in [1.29, 1.82) is 0 Å². The molecule has 0 saturated heterocycles. The highest BCUT2D eigenvalue weighted by Gasteiger charge is 2.27. The molecular formula is C31H35BrN2O3S. The fourth-order valence-electron chi connectivity index (χ4n) is 4.28. The zero-order valence-corrected chi connectivity index (χ0v) is 25.2. The number of aromatic carboxylic acids is 1. The first-order valence-corrected chi connectivity index (χ1v) is 13.2. The summed E-state index contributed by atoms with van der Waals surface area (Å²) in [5.41, 5.74) is 5.43. The molecule has 0 aliphatic carbocycles. The van der Waals surface area contributed by atoms with Gasteiger partial charge in [-0.25, -0.2) is 9.79 Å². The number of nitrogens with zero attached hydrogens (tertiary/aromatic N) is 2. The van der Waals surface area contributed by atoms with E-state index in [1.165, 1.54) is 0 Å². The van der Waals surface area contributed by atoms with E-state index in [1.807, 2.05) is 42.5 Å². The van der Waals surface area contributed by atoms with Crippen LogP contribution in [-0.4, -0.2) is 20.7 Å². The molecule has 0 bridgehead atoms. The van der Waals surface area contributed by atoms with Gasteiger partial charge in [0, 0.05) is 16.5 Å². The summed E-state index contributed by atoms with van der Waals surface area (Å²) in [7, 11) is 0. The fourth-order valence-corrected chi connectivity index (χ4v) is 5.20. The maximum Gasteiger partial charge on any atom is 0.335 e. The molecule has 38 heavy (non-hydrogen) atoms. The van der Waals surface area contributed by atoms with E-state index in [0.29, 0.717) is 12.3 Å². The molecule has 0 spiro atoms. The van der Waals surface area contributed by atoms with Crippen molar-refractivity contribution >= 4 is 40.0 Å². The highest BCUT2D eigenvalue weighted by Crippen LogP contribution is 2.42. The molecule has 0 fully saturated rings. The van der Waals surface area contributed by atoms with E-state index in [2.05, 4.69) is 63.6 Å². The molecule has 3 aromatic carbocycles. The Bertz CT molecular complexity index is 1450. The third-order valence-corrected chi connectivity index (χ3v) is 7.21. The maximum absolute atomic E-state index is 11.3. The lowest BCUT2D eigenvalue weighted by Crippen LogP contribution is -2.19. The number of para-hydroxylation sites is 1. The van der Waals surface area contributed by atoms with Crippen LogP contribution in [-0.2, 0) is 17.4 Å². The van der Waals surface area contributed by atoms with Gasteiger partial charge in [-0.3, -0.25) is 0 Å². The lowest BCUT2D eigenvalue weighted by Gasteiger charge is -2.28. The van der Waals surface area contributed by atoms with Gasteiger partial charge in [0.15, 0.2) is 4.80 Å². The minimum atomic E-state index is -0.941. The molecule has 5 nitrogen and oxygen atoms in total. The van der Waals surface area contributed by atoms with E-state index in [4.69, 9.17) is 4.99 Å². The second-order valence-corrected chi connectivity index (χ2v) is 12.2. The molecule has 200 valence electrons. The van der Waals surface area contributed by atoms with Gasteiger partial charge >= 0.3 is 5.97 Å². The molecular weight excluding hydrogens is 560 g/mol. The predicted molar refractivity (Wildman–Crippen MR) is 161 cm³/mol. The molecule has 7 heteroatoms. The van der Waals surface area contributed by atoms with E-state index < -0.39 is 5.97 Å². The summed E-state index contributed by atoms with van der Waals surface area (Å²) in [4.78, 5) is 17.1. The van der Waals surface area contributed by atoms with Crippen LogP contribution in [0.4, 0.5) is 5.69 Å². The minimum absolute atomic E-state index is 0. The van der Waals surface area contributed by atoms with Crippen LogP contribution in [0.1, 0.15) is 68.6 Å². The number of thiazole rings is 1. The number of rotatable bonds is 5. The molecule has 1 heterocycles. The van der Waals surface area contributed by atoms with E-state index in [-0.39, 0.29) is 33.4 Å². The quantitative estimate of drug-likeness (QED) is 0.245. The second-order valence-electron chi connectivity index (χ2n) is 11.4. The number of carboxylic acids is 1. The first-order chi connectivity index (χ1) is 17.3. The summed E-state index contributed by atoms with van der Waals surface area (Å²) in [6, 6.07) is 21.0. The average Bonchev–Trinajstić information content (AvgIpc) is 3.20. The highest BCUT2D eigenvalue weighted by atomic mass is 79.9. The maximum atomic E-state index is 11.3. The molecule has 4 aromatic rings. The lowest BCUT2D eigenvalue weighted by molar-refractivity contribution is 0.0697. The van der Waals surface area contributed by atoms with Crippen LogP contribution in [0.25, 0.3) is 11.3 Å². The van der Waals surface area contributed by atoms with Crippen molar-refractivity contribution in [2.75, 3.05) is 0 Å². The predicted octanol–water partition coefficient (Wildman–Crippen LogP) is 8.07. The van der Waals surface area contributed by atoms with Gasteiger partial charge in [-0.2, -0.15) is 0 Å². The van der Waals surface area contributed by atoms with Crippen LogP contribution in [0.3, 0.4) is 0 Å². The number of carboxylic acid groups (broad SMARTS) is 1. The highest BCUT2D eigenvalue weighted by molar-refractivity contribution is 8.93. The van der Waals surface area contributed by atoms with Crippen molar-refractivity contribution in [3.63, 3.8) is 0 Å². The number of hydrogen-bond acceptors (Lipinski definition) is 4. The number of halogens is 1. The summed E-state index contributed by atoms with van der Waals surface area (Å²) >= 11 is 1.56. The van der Waals surface area contributed by atoms with Crippen LogP contribution in [0.5, 0.6) is 5.75 Å². The number of benzene rings is 3. The van der Waals surface area contributed by atoms with Gasteiger partial charge in [0.2, 0.25) is 0 Å². The first-order valence-electron chi connectivity index (χ1n) is 12.3. The smallest absolute Gasteiger partial charge is 0.335 e. The van der Waals surface area contributed by atoms with Crippen LogP contribution in [0.15, 0.2) is 77.1 Å². The monoisotopic (exact) mass is 594 g/mol. The number of hydrogen-bond donors (Lipinski definition) is 2. The van der Waals surface area contributed by atoms with Gasteiger partial charge in [0.1, 0.15) is 5.75 Å². The van der Waals surface area contributed by atoms with E-state index >= 15 is 0 Å². The molecule has 1 aromatic heterocycles. The third kappa shape index (κ3) is 6.45. The van der Waals surface area contributed by atoms with Crippen LogP contribution >= 0.6 is 28.3 Å². The van der Waals surface area contributed by atoms with Gasteiger partial charge < -0.3 is 14.8 Å². The second kappa shape index (κ2) is 11.3. The number of phenols is 1. The molecule has 0 radical (unpaired) electrons. The number of aromatic hydroxyl groups is 1. The normalized spacial score (nSPS) is 12.3. The SMILES string of the molecule is Br.CC(C)(C)c1cc(-c2csc(=Nc3ccccc3)n2Cc2ccc(C(=O)O)cc2)cc(C(C)(C)C)c1O. The summed E-state index contributed by atoms with van der Waals surface area (Å²) in [6.07, 6.45) is 0. The fraction of sp³-hybridized carbons (Fsp3) is 0.290. The van der Waals surface area contributed by atoms with E-state index in [1.54, 1.807) is 23.5 Å². The third-order valence-electron chi connectivity index (χ3n) is 6.34. The topological polar surface area (TPSA) is 74.8 Å². The Hall–Kier alpha value is -3.16. The zero-order chi connectivity index (χ0) is 27.0. The Kier molecular flexibility index (Phi) is 8.74. The number of phenolic OH excluding ortho intramolecular Hbond substituents is 1. The Morgan fingerprint density at radius 3 is 1.95 bits per heavy atom. The summed E-state index contributed by atoms with van der Waals surface area (Å²) in [5, 5.41) is 22.6. The molecule has 0 atom stereocenters. The summed E-state index contributed by atoms with van der Waals surface area (Å²) in [6.45, 7) is 13.2. The largest absolute Gasteiger partial charge is 0.507 e.